The summed E-state index contributed by atoms with van der Waals surface area (Å²) in [5, 5.41) is 0. The third-order valence-electron chi connectivity index (χ3n) is 2.70. The lowest BCUT2D eigenvalue weighted by molar-refractivity contribution is 0.404. The van der Waals surface area contributed by atoms with E-state index in [9.17, 15) is 0 Å². The molecule has 88 valence electrons. The first kappa shape index (κ1) is 11.5. The van der Waals surface area contributed by atoms with Crippen LogP contribution < -0.4 is 10.5 Å². The first-order chi connectivity index (χ1) is 8.24. The third kappa shape index (κ3) is 2.26. The molecular weight excluding hydrogens is 214 g/mol. The maximum atomic E-state index is 6.21. The molecule has 2 heterocycles. The number of rotatable bonds is 3. The van der Waals surface area contributed by atoms with Crippen molar-refractivity contribution in [3.8, 4) is 5.75 Å². The molecule has 1 atom stereocenters. The van der Waals surface area contributed by atoms with Crippen LogP contribution in [0.1, 0.15) is 23.0 Å². The van der Waals surface area contributed by atoms with Gasteiger partial charge in [0.05, 0.1) is 13.2 Å². The molecule has 0 aliphatic heterocycles. The van der Waals surface area contributed by atoms with Crippen LogP contribution in [0.25, 0.3) is 0 Å². The summed E-state index contributed by atoms with van der Waals surface area (Å²) in [5.41, 5.74) is 8.81. The molecule has 0 radical (unpaired) electrons. The smallest absolute Gasteiger partial charge is 0.142 e. The highest BCUT2D eigenvalue weighted by Gasteiger charge is 2.17. The number of ether oxygens (including phenoxy) is 1. The highest BCUT2D eigenvalue weighted by atomic mass is 16.5. The van der Waals surface area contributed by atoms with Crippen LogP contribution in [-0.4, -0.2) is 17.1 Å². The van der Waals surface area contributed by atoms with Gasteiger partial charge in [-0.2, -0.15) is 0 Å². The van der Waals surface area contributed by atoms with Gasteiger partial charge in [-0.25, -0.2) is 0 Å². The van der Waals surface area contributed by atoms with E-state index in [1.54, 1.807) is 19.5 Å². The fourth-order valence-electron chi connectivity index (χ4n) is 1.78. The van der Waals surface area contributed by atoms with Gasteiger partial charge in [0.25, 0.3) is 0 Å². The van der Waals surface area contributed by atoms with Gasteiger partial charge in [0.1, 0.15) is 11.4 Å². The third-order valence-corrected chi connectivity index (χ3v) is 2.70. The van der Waals surface area contributed by atoms with Gasteiger partial charge in [-0.3, -0.25) is 9.97 Å². The van der Waals surface area contributed by atoms with Gasteiger partial charge < -0.3 is 10.5 Å². The minimum atomic E-state index is -0.320. The standard InChI is InChI=1S/C13H15N3O/c1-9-10(5-3-7-15-9)12(14)13-11(17-2)6-4-8-16-13/h3-8,12H,14H2,1-2H3. The molecule has 1 unspecified atom stereocenters. The number of hydrogen-bond donors (Lipinski definition) is 1. The number of aryl methyl sites for hydroxylation is 1. The van der Waals surface area contributed by atoms with E-state index in [0.29, 0.717) is 5.75 Å². The number of aromatic nitrogens is 2. The molecular formula is C13H15N3O. The number of nitrogens with two attached hydrogens (primary N) is 1. The Balaban J connectivity index is 2.44. The number of hydrogen-bond acceptors (Lipinski definition) is 4. The van der Waals surface area contributed by atoms with E-state index in [0.717, 1.165) is 17.0 Å². The minimum Gasteiger partial charge on any atom is -0.495 e. The van der Waals surface area contributed by atoms with Crippen LogP contribution in [0.2, 0.25) is 0 Å². The van der Waals surface area contributed by atoms with Gasteiger partial charge in [0, 0.05) is 18.1 Å². The van der Waals surface area contributed by atoms with Gasteiger partial charge in [-0.05, 0) is 30.7 Å². The van der Waals surface area contributed by atoms with Gasteiger partial charge in [-0.1, -0.05) is 6.07 Å². The zero-order valence-corrected chi connectivity index (χ0v) is 9.92. The Morgan fingerprint density at radius 1 is 1.18 bits per heavy atom. The van der Waals surface area contributed by atoms with E-state index in [4.69, 9.17) is 10.5 Å². The Morgan fingerprint density at radius 2 is 1.88 bits per heavy atom. The molecule has 17 heavy (non-hydrogen) atoms. The topological polar surface area (TPSA) is 61.0 Å². The molecule has 2 aromatic heterocycles. The minimum absolute atomic E-state index is 0.320. The molecule has 0 bridgehead atoms. The van der Waals surface area contributed by atoms with Gasteiger partial charge >= 0.3 is 0 Å². The monoisotopic (exact) mass is 229 g/mol. The zero-order chi connectivity index (χ0) is 12.3. The summed E-state index contributed by atoms with van der Waals surface area (Å²) in [7, 11) is 1.61. The zero-order valence-electron chi connectivity index (χ0n) is 9.92. The number of nitrogens with zero attached hydrogens (tertiary/aromatic N) is 2. The SMILES string of the molecule is COc1cccnc1C(N)c1cccnc1C. The Kier molecular flexibility index (Phi) is 3.35. The molecule has 0 aromatic carbocycles. The Hall–Kier alpha value is -1.94. The molecule has 2 aromatic rings. The fraction of sp³-hybridized carbons (Fsp3) is 0.231. The van der Waals surface area contributed by atoms with Crippen LogP contribution in [-0.2, 0) is 0 Å². The summed E-state index contributed by atoms with van der Waals surface area (Å²) in [5.74, 6) is 0.697. The lowest BCUT2D eigenvalue weighted by Gasteiger charge is -2.15. The molecule has 0 aliphatic rings. The normalized spacial score (nSPS) is 12.2. The molecule has 2 rings (SSSR count). The summed E-state index contributed by atoms with van der Waals surface area (Å²) < 4.78 is 5.26. The second-order valence-corrected chi connectivity index (χ2v) is 3.75. The van der Waals surface area contributed by atoms with E-state index in [-0.39, 0.29) is 6.04 Å². The summed E-state index contributed by atoms with van der Waals surface area (Å²) in [6, 6.07) is 7.19. The lowest BCUT2D eigenvalue weighted by Crippen LogP contribution is -2.16. The van der Waals surface area contributed by atoms with Crippen molar-refractivity contribution in [2.75, 3.05) is 7.11 Å². The predicted molar refractivity (Wildman–Crippen MR) is 65.8 cm³/mol. The van der Waals surface area contributed by atoms with E-state index in [1.165, 1.54) is 0 Å². The van der Waals surface area contributed by atoms with E-state index in [1.807, 2.05) is 31.2 Å². The van der Waals surface area contributed by atoms with Gasteiger partial charge in [0.2, 0.25) is 0 Å². The maximum absolute atomic E-state index is 6.21. The van der Waals surface area contributed by atoms with Crippen LogP contribution in [0.5, 0.6) is 5.75 Å². The summed E-state index contributed by atoms with van der Waals surface area (Å²) in [4.78, 5) is 8.52. The lowest BCUT2D eigenvalue weighted by atomic mass is 10.0. The fourth-order valence-corrected chi connectivity index (χ4v) is 1.78. The molecule has 0 aliphatic carbocycles. The molecule has 0 amide bonds. The summed E-state index contributed by atoms with van der Waals surface area (Å²) in [6.45, 7) is 1.94. The molecule has 0 saturated heterocycles. The van der Waals surface area contributed by atoms with Crippen molar-refractivity contribution >= 4 is 0 Å². The van der Waals surface area contributed by atoms with E-state index >= 15 is 0 Å². The summed E-state index contributed by atoms with van der Waals surface area (Å²) >= 11 is 0. The molecule has 0 saturated carbocycles. The second kappa shape index (κ2) is 4.93. The van der Waals surface area contributed by atoms with Crippen LogP contribution in [0.3, 0.4) is 0 Å². The van der Waals surface area contributed by atoms with Crippen molar-refractivity contribution in [1.29, 1.82) is 0 Å². The Morgan fingerprint density at radius 3 is 2.59 bits per heavy atom. The van der Waals surface area contributed by atoms with Crippen molar-refractivity contribution in [2.24, 2.45) is 5.73 Å². The average molecular weight is 229 g/mol. The maximum Gasteiger partial charge on any atom is 0.142 e. The van der Waals surface area contributed by atoms with Crippen molar-refractivity contribution in [2.45, 2.75) is 13.0 Å². The van der Waals surface area contributed by atoms with Crippen LogP contribution in [0.4, 0.5) is 0 Å². The van der Waals surface area contributed by atoms with Crippen LogP contribution in [0.15, 0.2) is 36.7 Å². The number of pyridine rings is 2. The molecule has 4 heteroatoms. The molecule has 0 spiro atoms. The van der Waals surface area contributed by atoms with Crippen LogP contribution in [0, 0.1) is 6.92 Å². The summed E-state index contributed by atoms with van der Waals surface area (Å²) in [6.07, 6.45) is 3.46. The first-order valence-corrected chi connectivity index (χ1v) is 5.40. The largest absolute Gasteiger partial charge is 0.495 e. The molecule has 4 nitrogen and oxygen atoms in total. The predicted octanol–water partition coefficient (Wildman–Crippen LogP) is 1.84. The highest BCUT2D eigenvalue weighted by Crippen LogP contribution is 2.26. The van der Waals surface area contributed by atoms with Crippen molar-refractivity contribution in [3.63, 3.8) is 0 Å². The molecule has 0 fully saturated rings. The van der Waals surface area contributed by atoms with Crippen LogP contribution >= 0.6 is 0 Å². The van der Waals surface area contributed by atoms with Crippen molar-refractivity contribution < 1.29 is 4.74 Å². The van der Waals surface area contributed by atoms with Crippen molar-refractivity contribution in [3.05, 3.63) is 53.6 Å². The number of methoxy groups -OCH3 is 1. The quantitative estimate of drug-likeness (QED) is 0.872. The van der Waals surface area contributed by atoms with Crippen molar-refractivity contribution in [1.82, 2.24) is 9.97 Å². The second-order valence-electron chi connectivity index (χ2n) is 3.75. The Labute approximate surface area is 100 Å². The van der Waals surface area contributed by atoms with E-state index in [2.05, 4.69) is 9.97 Å². The average Bonchev–Trinajstić information content (AvgIpc) is 2.38. The van der Waals surface area contributed by atoms with Gasteiger partial charge in [-0.15, -0.1) is 0 Å². The first-order valence-electron chi connectivity index (χ1n) is 5.40. The van der Waals surface area contributed by atoms with Gasteiger partial charge in [0.15, 0.2) is 0 Å². The van der Waals surface area contributed by atoms with E-state index < -0.39 is 0 Å². The highest BCUT2D eigenvalue weighted by molar-refractivity contribution is 5.37. The molecule has 2 N–H and O–H groups in total. The Bertz CT molecular complexity index is 514.